The van der Waals surface area contributed by atoms with Gasteiger partial charge < -0.3 is 10.2 Å². The minimum Gasteiger partial charge on any atom is -0.481 e. The third-order valence-corrected chi connectivity index (χ3v) is 4.45. The van der Waals surface area contributed by atoms with Gasteiger partial charge in [0.05, 0.1) is 12.0 Å². The summed E-state index contributed by atoms with van der Waals surface area (Å²) in [6.45, 7) is 1.66. The Kier molecular flexibility index (Phi) is 3.41. The summed E-state index contributed by atoms with van der Waals surface area (Å²) in [6.07, 6.45) is 5.88. The van der Waals surface area contributed by atoms with Crippen molar-refractivity contribution < 1.29 is 19.4 Å². The van der Waals surface area contributed by atoms with Gasteiger partial charge in [-0.2, -0.15) is 0 Å². The molecule has 3 unspecified atom stereocenters. The van der Waals surface area contributed by atoms with Crippen LogP contribution in [0.5, 0.6) is 0 Å². The zero-order chi connectivity index (χ0) is 15.1. The number of aliphatic hydroxyl groups excluding tert-OH is 1. The molecule has 0 saturated carbocycles. The lowest BCUT2D eigenvalue weighted by molar-refractivity contribution is -0.142. The van der Waals surface area contributed by atoms with E-state index in [2.05, 4.69) is 0 Å². The highest BCUT2D eigenvalue weighted by Crippen LogP contribution is 2.42. The molecule has 3 nitrogen and oxygen atoms in total. The number of carboxylic acid groups (broad SMARTS) is 1. The van der Waals surface area contributed by atoms with Crippen LogP contribution in [0.4, 0.5) is 4.39 Å². The molecule has 0 amide bonds. The Hall–Kier alpha value is -1.94. The number of hydrogen-bond donors (Lipinski definition) is 2. The first-order valence-corrected chi connectivity index (χ1v) is 7.09. The smallest absolute Gasteiger partial charge is 0.306 e. The highest BCUT2D eigenvalue weighted by atomic mass is 19.1. The van der Waals surface area contributed by atoms with Gasteiger partial charge in [-0.1, -0.05) is 25.2 Å². The molecule has 1 aromatic carbocycles. The monoisotopic (exact) mass is 288 g/mol. The van der Waals surface area contributed by atoms with Crippen LogP contribution < -0.4 is 0 Å². The fourth-order valence-electron chi connectivity index (χ4n) is 3.02. The second-order valence-corrected chi connectivity index (χ2v) is 5.79. The highest BCUT2D eigenvalue weighted by molar-refractivity contribution is 5.77. The predicted octanol–water partition coefficient (Wildman–Crippen LogP) is 2.89. The van der Waals surface area contributed by atoms with Crippen LogP contribution in [0, 0.1) is 11.7 Å². The molecule has 0 radical (unpaired) electrons. The SMILES string of the molecule is CC(C(=O)O)C1Cc2cc(C3=CCC(O)C=C3)c(F)cc21. The van der Waals surface area contributed by atoms with Crippen molar-refractivity contribution in [3.63, 3.8) is 0 Å². The molecule has 3 rings (SSSR count). The number of fused-ring (bicyclic) bond motifs is 1. The van der Waals surface area contributed by atoms with E-state index in [9.17, 15) is 14.3 Å². The van der Waals surface area contributed by atoms with Crippen LogP contribution in [0.3, 0.4) is 0 Å². The number of benzene rings is 1. The molecule has 21 heavy (non-hydrogen) atoms. The van der Waals surface area contributed by atoms with E-state index in [1.54, 1.807) is 19.1 Å². The van der Waals surface area contributed by atoms with Gasteiger partial charge >= 0.3 is 5.97 Å². The lowest BCUT2D eigenvalue weighted by Crippen LogP contribution is -2.29. The molecular weight excluding hydrogens is 271 g/mol. The van der Waals surface area contributed by atoms with Gasteiger partial charge in [0.25, 0.3) is 0 Å². The molecule has 0 aromatic heterocycles. The summed E-state index contributed by atoms with van der Waals surface area (Å²) in [7, 11) is 0. The summed E-state index contributed by atoms with van der Waals surface area (Å²) in [4.78, 5) is 11.0. The van der Waals surface area contributed by atoms with Crippen molar-refractivity contribution in [1.29, 1.82) is 0 Å². The molecule has 1 aromatic rings. The largest absolute Gasteiger partial charge is 0.481 e. The quantitative estimate of drug-likeness (QED) is 0.899. The van der Waals surface area contributed by atoms with Crippen LogP contribution in [0.1, 0.15) is 36.0 Å². The first-order chi connectivity index (χ1) is 9.97. The molecule has 0 bridgehead atoms. The van der Waals surface area contributed by atoms with Crippen molar-refractivity contribution in [2.24, 2.45) is 5.92 Å². The second-order valence-electron chi connectivity index (χ2n) is 5.79. The zero-order valence-electron chi connectivity index (χ0n) is 11.7. The average Bonchev–Trinajstić information content (AvgIpc) is 2.43. The van der Waals surface area contributed by atoms with Crippen molar-refractivity contribution in [2.45, 2.75) is 31.8 Å². The molecule has 0 heterocycles. The van der Waals surface area contributed by atoms with E-state index in [4.69, 9.17) is 5.11 Å². The molecule has 2 N–H and O–H groups in total. The van der Waals surface area contributed by atoms with Gasteiger partial charge in [-0.3, -0.25) is 4.79 Å². The maximum Gasteiger partial charge on any atom is 0.306 e. The molecule has 0 saturated heterocycles. The molecule has 2 aliphatic carbocycles. The van der Waals surface area contributed by atoms with Gasteiger partial charge in [-0.25, -0.2) is 4.39 Å². The van der Waals surface area contributed by atoms with E-state index in [1.807, 2.05) is 12.1 Å². The Morgan fingerprint density at radius 1 is 1.43 bits per heavy atom. The summed E-state index contributed by atoms with van der Waals surface area (Å²) in [6, 6.07) is 3.28. The third-order valence-electron chi connectivity index (χ3n) is 4.45. The summed E-state index contributed by atoms with van der Waals surface area (Å²) in [5, 5.41) is 18.5. The highest BCUT2D eigenvalue weighted by Gasteiger charge is 2.35. The van der Waals surface area contributed by atoms with Crippen molar-refractivity contribution in [2.75, 3.05) is 0 Å². The Bertz CT molecular complexity index is 660. The van der Waals surface area contributed by atoms with Gasteiger partial charge in [0.15, 0.2) is 0 Å². The lowest BCUT2D eigenvalue weighted by Gasteiger charge is -2.34. The molecule has 0 aliphatic heterocycles. The number of allylic oxidation sites excluding steroid dienone is 2. The molecule has 0 fully saturated rings. The van der Waals surface area contributed by atoms with E-state index in [0.717, 1.165) is 16.7 Å². The van der Waals surface area contributed by atoms with Crippen LogP contribution in [0.2, 0.25) is 0 Å². The molecule has 0 spiro atoms. The molecule has 3 atom stereocenters. The summed E-state index contributed by atoms with van der Waals surface area (Å²) >= 11 is 0. The lowest BCUT2D eigenvalue weighted by atomic mass is 9.70. The van der Waals surface area contributed by atoms with Crippen LogP contribution in [-0.2, 0) is 11.2 Å². The summed E-state index contributed by atoms with van der Waals surface area (Å²) in [5.74, 6) is -1.77. The first kappa shape index (κ1) is 14.0. The minimum absolute atomic E-state index is 0.0984. The standard InChI is InChI=1S/C17H17FO3/c1-9(17(20)21)13-6-11-7-15(16(18)8-14(11)13)10-2-4-12(19)5-3-10/h2-4,7-9,12-13,19H,5-6H2,1H3,(H,20,21). The van der Waals surface area contributed by atoms with Crippen molar-refractivity contribution in [1.82, 2.24) is 0 Å². The van der Waals surface area contributed by atoms with Crippen molar-refractivity contribution >= 4 is 11.5 Å². The van der Waals surface area contributed by atoms with Gasteiger partial charge in [0, 0.05) is 11.5 Å². The topological polar surface area (TPSA) is 57.5 Å². The number of carbonyl (C=O) groups is 1. The number of hydrogen-bond acceptors (Lipinski definition) is 2. The number of halogens is 1. The van der Waals surface area contributed by atoms with E-state index >= 15 is 0 Å². The Labute approximate surface area is 122 Å². The van der Waals surface area contributed by atoms with Crippen molar-refractivity contribution in [3.05, 3.63) is 52.9 Å². The number of rotatable bonds is 3. The van der Waals surface area contributed by atoms with Crippen LogP contribution in [0.25, 0.3) is 5.57 Å². The number of aliphatic carboxylic acids is 1. The maximum absolute atomic E-state index is 14.3. The van der Waals surface area contributed by atoms with Gasteiger partial charge in [0.2, 0.25) is 0 Å². The number of aliphatic hydroxyl groups is 1. The van der Waals surface area contributed by atoms with E-state index in [-0.39, 0.29) is 11.7 Å². The fourth-order valence-corrected chi connectivity index (χ4v) is 3.02. The van der Waals surface area contributed by atoms with Crippen LogP contribution in [-0.4, -0.2) is 22.3 Å². The van der Waals surface area contributed by atoms with Gasteiger partial charge in [0.1, 0.15) is 5.82 Å². The fraction of sp³-hybridized carbons (Fsp3) is 0.353. The van der Waals surface area contributed by atoms with E-state index in [0.29, 0.717) is 18.4 Å². The second kappa shape index (κ2) is 5.11. The first-order valence-electron chi connectivity index (χ1n) is 7.09. The Morgan fingerprint density at radius 2 is 2.19 bits per heavy atom. The van der Waals surface area contributed by atoms with Gasteiger partial charge in [-0.15, -0.1) is 0 Å². The summed E-state index contributed by atoms with van der Waals surface area (Å²) in [5.41, 5.74) is 3.13. The van der Waals surface area contributed by atoms with Crippen LogP contribution >= 0.6 is 0 Å². The predicted molar refractivity (Wildman–Crippen MR) is 77.4 cm³/mol. The normalized spacial score (nSPS) is 24.8. The maximum atomic E-state index is 14.3. The molecule has 110 valence electrons. The third kappa shape index (κ3) is 2.40. The Morgan fingerprint density at radius 3 is 2.81 bits per heavy atom. The van der Waals surface area contributed by atoms with Crippen LogP contribution in [0.15, 0.2) is 30.4 Å². The molecule has 2 aliphatic rings. The van der Waals surface area contributed by atoms with Gasteiger partial charge in [-0.05, 0) is 41.7 Å². The summed E-state index contributed by atoms with van der Waals surface area (Å²) < 4.78 is 14.3. The molecular formula is C17H17FO3. The minimum atomic E-state index is -0.845. The number of carboxylic acids is 1. The zero-order valence-corrected chi connectivity index (χ0v) is 11.7. The van der Waals surface area contributed by atoms with E-state index < -0.39 is 18.0 Å². The average molecular weight is 288 g/mol. The molecule has 4 heteroatoms. The Balaban J connectivity index is 1.90. The van der Waals surface area contributed by atoms with Crippen molar-refractivity contribution in [3.8, 4) is 0 Å². The van der Waals surface area contributed by atoms with E-state index in [1.165, 1.54) is 6.07 Å².